The standard InChI is InChI=1S/C48H54F6N2O4S/c1-31(2)35-15-7-9-17-37(35)43-33(21-25-41(59)55-27-11-5-13-29-57)19-23-39(45(43)47(49,50)51)61-40-24-20-34(22-26-42(60)56-28-12-6-14-30-58)44(46(40)48(52,53)54)38-18-10-8-16-36(38)32(3)4/h7-10,15-26,31-32,57-58H,5-6,11-14,27-30H2,1-4H3,(H,55,59)(H,56,60)/b25-21+,26-22+. The van der Waals surface area contributed by atoms with Crippen LogP contribution in [0.3, 0.4) is 0 Å². The van der Waals surface area contributed by atoms with Crippen LogP contribution in [-0.4, -0.2) is 48.3 Å². The van der Waals surface area contributed by atoms with Crippen LogP contribution in [0.2, 0.25) is 0 Å². The molecule has 13 heteroatoms. The lowest BCUT2D eigenvalue weighted by Gasteiger charge is -2.25. The van der Waals surface area contributed by atoms with Crippen molar-refractivity contribution in [2.75, 3.05) is 26.3 Å². The van der Waals surface area contributed by atoms with Crippen molar-refractivity contribution in [2.45, 2.75) is 100 Å². The average molecular weight is 869 g/mol. The molecule has 4 aromatic rings. The normalized spacial score (nSPS) is 12.3. The Kier molecular flexibility index (Phi) is 18.3. The van der Waals surface area contributed by atoms with Gasteiger partial charge in [-0.1, -0.05) is 100 Å². The van der Waals surface area contributed by atoms with Gasteiger partial charge in [0.25, 0.3) is 0 Å². The van der Waals surface area contributed by atoms with Crippen LogP contribution in [0.4, 0.5) is 26.3 Å². The van der Waals surface area contributed by atoms with E-state index >= 15 is 26.3 Å². The molecule has 0 unspecified atom stereocenters. The van der Waals surface area contributed by atoms with Crippen LogP contribution in [0.1, 0.15) is 111 Å². The Morgan fingerprint density at radius 1 is 0.574 bits per heavy atom. The highest BCUT2D eigenvalue weighted by Gasteiger charge is 2.41. The fourth-order valence-corrected chi connectivity index (χ4v) is 8.21. The van der Waals surface area contributed by atoms with Gasteiger partial charge in [0.2, 0.25) is 11.8 Å². The Balaban J connectivity index is 1.97. The van der Waals surface area contributed by atoms with Crippen LogP contribution in [0.5, 0.6) is 0 Å². The summed E-state index contributed by atoms with van der Waals surface area (Å²) >= 11 is 0.360. The van der Waals surface area contributed by atoms with Crippen LogP contribution < -0.4 is 10.6 Å². The summed E-state index contributed by atoms with van der Waals surface area (Å²) in [4.78, 5) is 24.6. The molecule has 0 atom stereocenters. The molecule has 0 spiro atoms. The molecule has 0 saturated heterocycles. The third-order valence-electron chi connectivity index (χ3n) is 9.99. The fraction of sp³-hybridized carbons (Fsp3) is 0.375. The third kappa shape index (κ3) is 13.6. The molecule has 0 aliphatic rings. The largest absolute Gasteiger partial charge is 0.418 e. The smallest absolute Gasteiger partial charge is 0.396 e. The van der Waals surface area contributed by atoms with E-state index in [2.05, 4.69) is 10.6 Å². The predicted octanol–water partition coefficient (Wildman–Crippen LogP) is 12.0. The van der Waals surface area contributed by atoms with E-state index in [1.54, 1.807) is 48.5 Å². The van der Waals surface area contributed by atoms with Gasteiger partial charge in [0, 0.05) is 59.4 Å². The molecular formula is C48H54F6N2O4S. The van der Waals surface area contributed by atoms with Crippen molar-refractivity contribution in [1.82, 2.24) is 10.6 Å². The molecule has 0 aliphatic heterocycles. The zero-order valence-electron chi connectivity index (χ0n) is 34.9. The van der Waals surface area contributed by atoms with Gasteiger partial charge in [-0.2, -0.15) is 26.3 Å². The van der Waals surface area contributed by atoms with Crippen LogP contribution >= 0.6 is 11.8 Å². The lowest BCUT2D eigenvalue weighted by molar-refractivity contribution is -0.139. The van der Waals surface area contributed by atoms with Gasteiger partial charge in [0.05, 0.1) is 11.1 Å². The second kappa shape index (κ2) is 22.8. The number of unbranched alkanes of at least 4 members (excludes halogenated alkanes) is 4. The number of hydrogen-bond donors (Lipinski definition) is 4. The number of nitrogens with one attached hydrogen (secondary N) is 2. The van der Waals surface area contributed by atoms with Gasteiger partial charge in [-0.15, -0.1) is 0 Å². The Morgan fingerprint density at radius 2 is 0.951 bits per heavy atom. The van der Waals surface area contributed by atoms with Gasteiger partial charge in [-0.05, 0) is 108 Å². The van der Waals surface area contributed by atoms with Crippen molar-refractivity contribution in [3.05, 3.63) is 118 Å². The number of amides is 2. The van der Waals surface area contributed by atoms with E-state index in [4.69, 9.17) is 10.2 Å². The van der Waals surface area contributed by atoms with Crippen LogP contribution in [0.25, 0.3) is 34.4 Å². The summed E-state index contributed by atoms with van der Waals surface area (Å²) < 4.78 is 94.0. The van der Waals surface area contributed by atoms with E-state index in [1.165, 1.54) is 24.3 Å². The lowest BCUT2D eigenvalue weighted by Crippen LogP contribution is -2.22. The molecule has 6 nitrogen and oxygen atoms in total. The van der Waals surface area contributed by atoms with E-state index in [0.29, 0.717) is 74.5 Å². The molecule has 4 N–H and O–H groups in total. The van der Waals surface area contributed by atoms with E-state index in [-0.39, 0.29) is 58.4 Å². The van der Waals surface area contributed by atoms with Gasteiger partial charge in [0.15, 0.2) is 0 Å². The number of carbonyl (C=O) groups excluding carboxylic acids is 2. The van der Waals surface area contributed by atoms with Gasteiger partial charge in [0.1, 0.15) is 0 Å². The number of carbonyl (C=O) groups is 2. The lowest BCUT2D eigenvalue weighted by atomic mass is 9.87. The number of aliphatic hydroxyl groups is 2. The van der Waals surface area contributed by atoms with Crippen molar-refractivity contribution in [3.63, 3.8) is 0 Å². The van der Waals surface area contributed by atoms with Crippen molar-refractivity contribution < 1.29 is 46.1 Å². The van der Waals surface area contributed by atoms with E-state index in [1.807, 2.05) is 27.7 Å². The minimum absolute atomic E-state index is 0.0199. The Hall–Kier alpha value is -4.85. The van der Waals surface area contributed by atoms with Crippen molar-refractivity contribution in [3.8, 4) is 22.3 Å². The van der Waals surface area contributed by atoms with E-state index in [0.717, 1.165) is 24.3 Å². The SMILES string of the molecule is CC(C)c1ccccc1-c1c(/C=C/C(=O)NCCCCCO)ccc(Sc2ccc(/C=C/C(=O)NCCCCCO)c(-c3ccccc3C(C)C)c2C(F)(F)F)c1C(F)(F)F. The number of hydrogen-bond acceptors (Lipinski definition) is 5. The van der Waals surface area contributed by atoms with Gasteiger partial charge < -0.3 is 20.8 Å². The highest BCUT2D eigenvalue weighted by Crippen LogP contribution is 2.52. The molecule has 0 saturated carbocycles. The quantitative estimate of drug-likeness (QED) is 0.0403. The summed E-state index contributed by atoms with van der Waals surface area (Å²) in [6.07, 6.45) is -1.57. The van der Waals surface area contributed by atoms with Gasteiger partial charge >= 0.3 is 12.4 Å². The van der Waals surface area contributed by atoms with Crippen molar-refractivity contribution in [1.29, 1.82) is 0 Å². The minimum atomic E-state index is -5.06. The number of rotatable bonds is 20. The third-order valence-corrected chi connectivity index (χ3v) is 11.1. The van der Waals surface area contributed by atoms with Crippen molar-refractivity contribution >= 4 is 35.7 Å². The highest BCUT2D eigenvalue weighted by molar-refractivity contribution is 7.99. The summed E-state index contributed by atoms with van der Waals surface area (Å²) in [5, 5.41) is 23.4. The Bertz CT molecular complexity index is 2010. The maximum Gasteiger partial charge on any atom is 0.418 e. The summed E-state index contributed by atoms with van der Waals surface area (Å²) in [7, 11) is 0. The first kappa shape index (κ1) is 48.8. The maximum atomic E-state index is 15.7. The molecule has 0 heterocycles. The predicted molar refractivity (Wildman–Crippen MR) is 232 cm³/mol. The monoisotopic (exact) mass is 868 g/mol. The molecule has 4 aromatic carbocycles. The van der Waals surface area contributed by atoms with E-state index in [9.17, 15) is 9.59 Å². The first-order valence-electron chi connectivity index (χ1n) is 20.5. The Labute approximate surface area is 358 Å². The second-order valence-electron chi connectivity index (χ2n) is 15.2. The van der Waals surface area contributed by atoms with Crippen LogP contribution in [-0.2, 0) is 21.9 Å². The van der Waals surface area contributed by atoms with Gasteiger partial charge in [-0.25, -0.2) is 0 Å². The molecule has 0 fully saturated rings. The zero-order valence-corrected chi connectivity index (χ0v) is 35.7. The summed E-state index contributed by atoms with van der Waals surface area (Å²) in [6, 6.07) is 18.1. The molecule has 0 radical (unpaired) electrons. The molecule has 4 rings (SSSR count). The fourth-order valence-electron chi connectivity index (χ4n) is 7.06. The topological polar surface area (TPSA) is 98.7 Å². The average Bonchev–Trinajstić information content (AvgIpc) is 3.21. The van der Waals surface area contributed by atoms with Crippen LogP contribution in [0.15, 0.2) is 94.7 Å². The molecule has 0 aromatic heterocycles. The number of halogens is 6. The summed E-state index contributed by atoms with van der Waals surface area (Å²) in [5.41, 5.74) is -1.12. The first-order valence-corrected chi connectivity index (χ1v) is 21.3. The first-order chi connectivity index (χ1) is 29.0. The molecule has 2 amide bonds. The number of benzene rings is 4. The molecule has 328 valence electrons. The second-order valence-corrected chi connectivity index (χ2v) is 16.3. The maximum absolute atomic E-state index is 15.7. The molecule has 0 bridgehead atoms. The van der Waals surface area contributed by atoms with Crippen molar-refractivity contribution in [2.24, 2.45) is 0 Å². The molecule has 61 heavy (non-hydrogen) atoms. The van der Waals surface area contributed by atoms with Crippen LogP contribution in [0, 0.1) is 0 Å². The molecule has 0 aliphatic carbocycles. The number of aliphatic hydroxyl groups excluding tert-OH is 2. The number of alkyl halides is 6. The van der Waals surface area contributed by atoms with Gasteiger partial charge in [-0.3, -0.25) is 9.59 Å². The minimum Gasteiger partial charge on any atom is -0.396 e. The highest BCUT2D eigenvalue weighted by atomic mass is 32.2. The Morgan fingerprint density at radius 3 is 1.30 bits per heavy atom. The summed E-state index contributed by atoms with van der Waals surface area (Å²) in [5.74, 6) is -1.54. The molecular weight excluding hydrogens is 815 g/mol. The zero-order chi connectivity index (χ0) is 44.7. The van der Waals surface area contributed by atoms with E-state index < -0.39 is 45.1 Å². The summed E-state index contributed by atoms with van der Waals surface area (Å²) in [6.45, 7) is 7.96.